The molecule has 0 spiro atoms. The van der Waals surface area contributed by atoms with Crippen LogP contribution in [0.15, 0.2) is 48.9 Å². The number of ether oxygens (including phenoxy) is 1. The van der Waals surface area contributed by atoms with E-state index < -0.39 is 0 Å². The molecule has 3 aromatic heterocycles. The Labute approximate surface area is 163 Å². The second-order valence-electron chi connectivity index (χ2n) is 6.52. The maximum atomic E-state index is 5.19. The zero-order valence-electron chi connectivity index (χ0n) is 15.6. The molecule has 0 amide bonds. The number of hydrogen-bond acceptors (Lipinski definition) is 6. The molecule has 5 nitrogen and oxygen atoms in total. The molecule has 3 aromatic rings. The van der Waals surface area contributed by atoms with Crippen LogP contribution in [0.3, 0.4) is 0 Å². The average Bonchev–Trinajstić information content (AvgIpc) is 3.21. The van der Waals surface area contributed by atoms with E-state index in [0.29, 0.717) is 0 Å². The quantitative estimate of drug-likeness (QED) is 0.611. The van der Waals surface area contributed by atoms with E-state index in [1.165, 1.54) is 11.3 Å². The van der Waals surface area contributed by atoms with Crippen molar-refractivity contribution in [2.75, 3.05) is 32.2 Å². The van der Waals surface area contributed by atoms with Gasteiger partial charge >= 0.3 is 0 Å². The summed E-state index contributed by atoms with van der Waals surface area (Å²) in [6.07, 6.45) is 9.70. The lowest BCUT2D eigenvalue weighted by Crippen LogP contribution is -2.25. The van der Waals surface area contributed by atoms with Crippen LogP contribution in [0, 0.1) is 0 Å². The minimum atomic E-state index is 0.734. The molecule has 4 rings (SSSR count). The van der Waals surface area contributed by atoms with Crippen molar-refractivity contribution in [2.24, 2.45) is 0 Å². The molecule has 1 aliphatic heterocycles. The molecule has 0 saturated carbocycles. The lowest BCUT2D eigenvalue weighted by molar-refractivity contribution is 0.204. The summed E-state index contributed by atoms with van der Waals surface area (Å²) in [7, 11) is 3.86. The highest BCUT2D eigenvalue weighted by atomic mass is 32.1. The summed E-state index contributed by atoms with van der Waals surface area (Å²) in [6.45, 7) is 1.75. The van der Waals surface area contributed by atoms with Crippen molar-refractivity contribution in [3.05, 3.63) is 54.6 Å². The number of rotatable bonds is 5. The summed E-state index contributed by atoms with van der Waals surface area (Å²) in [5, 5.41) is 0.964. The molecule has 1 aliphatic rings. The standard InChI is InChI=1S/C21H22N4OS/c1-25-11-9-15(6-4-12-26-2)20-18(25)8-7-17(24-20)19-14-23-21(27-19)16-5-3-10-22-13-16/h3,5-8,10,13-14H,4,9,11-12H2,1-2H3/b15-6+. The molecular formula is C21H22N4OS. The molecule has 0 saturated heterocycles. The average molecular weight is 379 g/mol. The molecule has 0 aliphatic carbocycles. The molecule has 0 radical (unpaired) electrons. The van der Waals surface area contributed by atoms with Gasteiger partial charge in [0.2, 0.25) is 0 Å². The number of fused-ring (bicyclic) bond motifs is 1. The molecular weight excluding hydrogens is 356 g/mol. The fraction of sp³-hybridized carbons (Fsp3) is 0.286. The van der Waals surface area contributed by atoms with Gasteiger partial charge in [0.05, 0.1) is 22.0 Å². The zero-order chi connectivity index (χ0) is 18.6. The van der Waals surface area contributed by atoms with Crippen LogP contribution in [0.1, 0.15) is 18.5 Å². The van der Waals surface area contributed by atoms with E-state index in [0.717, 1.165) is 52.8 Å². The highest BCUT2D eigenvalue weighted by Crippen LogP contribution is 2.36. The van der Waals surface area contributed by atoms with E-state index in [-0.39, 0.29) is 0 Å². The molecule has 0 atom stereocenters. The van der Waals surface area contributed by atoms with Gasteiger partial charge in [-0.15, -0.1) is 11.3 Å². The summed E-state index contributed by atoms with van der Waals surface area (Å²) in [5.41, 5.74) is 5.57. The first-order valence-corrected chi connectivity index (χ1v) is 9.85. The van der Waals surface area contributed by atoms with Crippen LogP contribution in [0.2, 0.25) is 0 Å². The van der Waals surface area contributed by atoms with E-state index in [9.17, 15) is 0 Å². The minimum Gasteiger partial charge on any atom is -0.384 e. The predicted molar refractivity (Wildman–Crippen MR) is 111 cm³/mol. The fourth-order valence-corrected chi connectivity index (χ4v) is 4.10. The molecule has 6 heteroatoms. The number of thiazole rings is 1. The van der Waals surface area contributed by atoms with Crippen molar-refractivity contribution in [2.45, 2.75) is 12.8 Å². The number of nitrogens with zero attached hydrogens (tertiary/aromatic N) is 4. The lowest BCUT2D eigenvalue weighted by atomic mass is 10.00. The van der Waals surface area contributed by atoms with Crippen LogP contribution in [-0.4, -0.2) is 42.3 Å². The summed E-state index contributed by atoms with van der Waals surface area (Å²) in [6, 6.07) is 8.22. The van der Waals surface area contributed by atoms with Crippen LogP contribution in [0.5, 0.6) is 0 Å². The molecule has 27 heavy (non-hydrogen) atoms. The Morgan fingerprint density at radius 2 is 2.19 bits per heavy atom. The molecule has 0 unspecified atom stereocenters. The highest BCUT2D eigenvalue weighted by molar-refractivity contribution is 7.18. The van der Waals surface area contributed by atoms with Crippen LogP contribution in [0.4, 0.5) is 5.69 Å². The first kappa shape index (κ1) is 17.8. The maximum Gasteiger partial charge on any atom is 0.125 e. The Hall–Kier alpha value is -2.57. The zero-order valence-corrected chi connectivity index (χ0v) is 16.4. The highest BCUT2D eigenvalue weighted by Gasteiger charge is 2.20. The third-order valence-corrected chi connectivity index (χ3v) is 5.75. The van der Waals surface area contributed by atoms with Gasteiger partial charge < -0.3 is 9.64 Å². The summed E-state index contributed by atoms with van der Waals surface area (Å²) in [5.74, 6) is 0. The Morgan fingerprint density at radius 1 is 1.26 bits per heavy atom. The van der Waals surface area contributed by atoms with Crippen molar-refractivity contribution in [1.82, 2.24) is 15.0 Å². The van der Waals surface area contributed by atoms with Crippen LogP contribution in [0.25, 0.3) is 26.7 Å². The Morgan fingerprint density at radius 3 is 3.00 bits per heavy atom. The van der Waals surface area contributed by atoms with Gasteiger partial charge in [0.25, 0.3) is 0 Å². The van der Waals surface area contributed by atoms with E-state index in [4.69, 9.17) is 9.72 Å². The number of anilines is 1. The van der Waals surface area contributed by atoms with Gasteiger partial charge in [-0.2, -0.15) is 0 Å². The largest absolute Gasteiger partial charge is 0.384 e. The number of aromatic nitrogens is 3. The third-order valence-electron chi connectivity index (χ3n) is 4.69. The molecule has 0 aromatic carbocycles. The Bertz CT molecular complexity index is 952. The predicted octanol–water partition coefficient (Wildman–Crippen LogP) is 4.53. The smallest absolute Gasteiger partial charge is 0.125 e. The van der Waals surface area contributed by atoms with E-state index in [1.807, 2.05) is 24.5 Å². The topological polar surface area (TPSA) is 51.1 Å². The first-order valence-electron chi connectivity index (χ1n) is 9.03. The van der Waals surface area contributed by atoms with E-state index >= 15 is 0 Å². The van der Waals surface area contributed by atoms with E-state index in [2.05, 4.69) is 40.1 Å². The van der Waals surface area contributed by atoms with Gasteiger partial charge in [0.15, 0.2) is 0 Å². The molecule has 0 fully saturated rings. The van der Waals surface area contributed by atoms with Gasteiger partial charge in [0, 0.05) is 51.5 Å². The summed E-state index contributed by atoms with van der Waals surface area (Å²) < 4.78 is 5.19. The molecule has 4 heterocycles. The van der Waals surface area contributed by atoms with Crippen LogP contribution < -0.4 is 4.90 Å². The minimum absolute atomic E-state index is 0.734. The second kappa shape index (κ2) is 7.98. The Kier molecular flexibility index (Phi) is 5.27. The summed E-state index contributed by atoms with van der Waals surface area (Å²) in [4.78, 5) is 17.1. The lowest BCUT2D eigenvalue weighted by Gasteiger charge is -2.28. The van der Waals surface area contributed by atoms with Gasteiger partial charge in [0.1, 0.15) is 5.01 Å². The Balaban J connectivity index is 1.68. The van der Waals surface area contributed by atoms with Crippen molar-refractivity contribution >= 4 is 22.6 Å². The normalized spacial score (nSPS) is 15.2. The molecule has 138 valence electrons. The SMILES string of the molecule is COCC/C=C1\CCN(C)c2ccc(-c3cnc(-c4cccnc4)s3)nc21. The first-order chi connectivity index (χ1) is 13.3. The maximum absolute atomic E-state index is 5.19. The summed E-state index contributed by atoms with van der Waals surface area (Å²) >= 11 is 1.65. The van der Waals surface area contributed by atoms with Gasteiger partial charge in [-0.05, 0) is 42.7 Å². The van der Waals surface area contributed by atoms with Gasteiger partial charge in [-0.1, -0.05) is 6.08 Å². The number of pyridine rings is 2. The van der Waals surface area contributed by atoms with E-state index in [1.54, 1.807) is 24.6 Å². The van der Waals surface area contributed by atoms with Crippen molar-refractivity contribution in [3.63, 3.8) is 0 Å². The van der Waals surface area contributed by atoms with Gasteiger partial charge in [-0.3, -0.25) is 4.98 Å². The molecule has 0 bridgehead atoms. The van der Waals surface area contributed by atoms with Crippen LogP contribution >= 0.6 is 11.3 Å². The van der Waals surface area contributed by atoms with Gasteiger partial charge in [-0.25, -0.2) is 9.97 Å². The monoisotopic (exact) mass is 378 g/mol. The van der Waals surface area contributed by atoms with Crippen molar-refractivity contribution in [3.8, 4) is 21.1 Å². The van der Waals surface area contributed by atoms with Crippen molar-refractivity contribution in [1.29, 1.82) is 0 Å². The third kappa shape index (κ3) is 3.77. The second-order valence-corrected chi connectivity index (χ2v) is 7.55. The number of methoxy groups -OCH3 is 1. The van der Waals surface area contributed by atoms with Crippen molar-refractivity contribution < 1.29 is 4.74 Å². The van der Waals surface area contributed by atoms with Crippen LogP contribution in [-0.2, 0) is 4.74 Å². The fourth-order valence-electron chi connectivity index (χ4n) is 3.23. The molecule has 0 N–H and O–H groups in total. The number of hydrogen-bond donors (Lipinski definition) is 0.